The Hall–Kier alpha value is -3.15. The Kier molecular flexibility index (Phi) is 10.3. The molecule has 0 bridgehead atoms. The third-order valence-corrected chi connectivity index (χ3v) is 6.88. The average Bonchev–Trinajstić information content (AvgIpc) is 2.81. The van der Waals surface area contributed by atoms with Crippen molar-refractivity contribution >= 4 is 22.0 Å². The summed E-state index contributed by atoms with van der Waals surface area (Å²) in [5, 5.41) is 14.8. The predicted octanol–water partition coefficient (Wildman–Crippen LogP) is 1.90. The lowest BCUT2D eigenvalue weighted by Gasteiger charge is -2.34. The molecule has 0 amide bonds. The molecule has 10 nitrogen and oxygen atoms in total. The molecule has 2 N–H and O–H groups in total. The number of ether oxygens (including phenoxy) is 2. The van der Waals surface area contributed by atoms with Gasteiger partial charge in [0.15, 0.2) is 11.5 Å². The lowest BCUT2D eigenvalue weighted by molar-refractivity contribution is -0.159. The van der Waals surface area contributed by atoms with Gasteiger partial charge in [-0.3, -0.25) is 4.90 Å². The van der Waals surface area contributed by atoms with E-state index in [9.17, 15) is 8.42 Å². The van der Waals surface area contributed by atoms with Gasteiger partial charge in [-0.1, -0.05) is 36.4 Å². The van der Waals surface area contributed by atoms with Gasteiger partial charge in [0.1, 0.15) is 0 Å². The SMILES string of the molecule is CCOc1cc(CN2CCN(S(=O)(=O)Cc3ccccc3)CC2)ccc1OC.O=C(O)C(=O)O. The molecule has 2 aromatic carbocycles. The van der Waals surface area contributed by atoms with Crippen molar-refractivity contribution in [1.29, 1.82) is 0 Å². The first kappa shape index (κ1) is 27.1. The van der Waals surface area contributed by atoms with Crippen LogP contribution < -0.4 is 9.47 Å². The summed E-state index contributed by atoms with van der Waals surface area (Å²) in [6, 6.07) is 15.3. The molecule has 1 aliphatic heterocycles. The van der Waals surface area contributed by atoms with Gasteiger partial charge in [-0.15, -0.1) is 0 Å². The van der Waals surface area contributed by atoms with Crippen molar-refractivity contribution in [3.63, 3.8) is 0 Å². The molecule has 1 saturated heterocycles. The molecule has 0 saturated carbocycles. The second-order valence-corrected chi connectivity index (χ2v) is 9.41. The third-order valence-electron chi connectivity index (χ3n) is 5.03. The summed E-state index contributed by atoms with van der Waals surface area (Å²) >= 11 is 0. The lowest BCUT2D eigenvalue weighted by atomic mass is 10.1. The molecule has 1 fully saturated rings. The maximum atomic E-state index is 12.7. The Morgan fingerprint density at radius 1 is 0.912 bits per heavy atom. The maximum absolute atomic E-state index is 12.7. The summed E-state index contributed by atoms with van der Waals surface area (Å²) < 4.78 is 38.0. The van der Waals surface area contributed by atoms with Crippen LogP contribution in [0.1, 0.15) is 18.1 Å². The Morgan fingerprint density at radius 3 is 2.06 bits per heavy atom. The fraction of sp³-hybridized carbons (Fsp3) is 0.391. The number of hydrogen-bond acceptors (Lipinski definition) is 7. The zero-order valence-corrected chi connectivity index (χ0v) is 20.0. The van der Waals surface area contributed by atoms with Gasteiger partial charge in [0, 0.05) is 32.7 Å². The molecule has 0 unspecified atom stereocenters. The first-order valence-corrected chi connectivity index (χ1v) is 12.3. The summed E-state index contributed by atoms with van der Waals surface area (Å²) in [7, 11) is -1.65. The summed E-state index contributed by atoms with van der Waals surface area (Å²) in [5.74, 6) is -2.12. The summed E-state index contributed by atoms with van der Waals surface area (Å²) in [4.78, 5) is 20.5. The fourth-order valence-corrected chi connectivity index (χ4v) is 4.90. The van der Waals surface area contributed by atoms with Gasteiger partial charge in [0.2, 0.25) is 10.0 Å². The number of benzene rings is 2. The molecule has 3 rings (SSSR count). The molecule has 0 atom stereocenters. The minimum absolute atomic E-state index is 0.0596. The van der Waals surface area contributed by atoms with Crippen molar-refractivity contribution in [2.45, 2.75) is 19.2 Å². The number of carboxylic acid groups (broad SMARTS) is 2. The van der Waals surface area contributed by atoms with Crippen LogP contribution in [0.4, 0.5) is 0 Å². The Morgan fingerprint density at radius 2 is 1.53 bits per heavy atom. The fourth-order valence-electron chi connectivity index (χ4n) is 3.39. The van der Waals surface area contributed by atoms with Gasteiger partial charge in [0.05, 0.1) is 19.5 Å². The Balaban J connectivity index is 0.000000604. The van der Waals surface area contributed by atoms with E-state index in [2.05, 4.69) is 4.90 Å². The lowest BCUT2D eigenvalue weighted by Crippen LogP contribution is -2.48. The Labute approximate surface area is 199 Å². The number of nitrogens with zero attached hydrogens (tertiary/aromatic N) is 2. The largest absolute Gasteiger partial charge is 0.493 e. The number of carbonyl (C=O) groups is 2. The highest BCUT2D eigenvalue weighted by Gasteiger charge is 2.27. The van der Waals surface area contributed by atoms with Crippen LogP contribution in [-0.2, 0) is 31.9 Å². The number of hydrogen-bond donors (Lipinski definition) is 2. The van der Waals surface area contributed by atoms with Crippen LogP contribution in [0.15, 0.2) is 48.5 Å². The highest BCUT2D eigenvalue weighted by atomic mass is 32.2. The first-order valence-electron chi connectivity index (χ1n) is 10.7. The number of rotatable bonds is 8. The number of methoxy groups -OCH3 is 1. The van der Waals surface area contributed by atoms with E-state index in [0.29, 0.717) is 32.8 Å². The van der Waals surface area contributed by atoms with Crippen molar-refractivity contribution in [2.24, 2.45) is 0 Å². The van der Waals surface area contributed by atoms with Crippen LogP contribution >= 0.6 is 0 Å². The molecule has 34 heavy (non-hydrogen) atoms. The zero-order valence-electron chi connectivity index (χ0n) is 19.2. The molecule has 11 heteroatoms. The van der Waals surface area contributed by atoms with E-state index < -0.39 is 22.0 Å². The molecular weight excluding hydrogens is 464 g/mol. The molecule has 0 aromatic heterocycles. The van der Waals surface area contributed by atoms with E-state index in [-0.39, 0.29) is 5.75 Å². The van der Waals surface area contributed by atoms with Crippen molar-refractivity contribution in [2.75, 3.05) is 39.9 Å². The highest BCUT2D eigenvalue weighted by Crippen LogP contribution is 2.28. The van der Waals surface area contributed by atoms with Gasteiger partial charge in [0.25, 0.3) is 0 Å². The number of sulfonamides is 1. The molecule has 0 aliphatic carbocycles. The summed E-state index contributed by atoms with van der Waals surface area (Å²) in [6.07, 6.45) is 0. The van der Waals surface area contributed by atoms with Crippen LogP contribution in [0.2, 0.25) is 0 Å². The number of piperazine rings is 1. The number of carboxylic acids is 2. The highest BCUT2D eigenvalue weighted by molar-refractivity contribution is 7.88. The van der Waals surface area contributed by atoms with Crippen molar-refractivity contribution < 1.29 is 37.7 Å². The van der Waals surface area contributed by atoms with Gasteiger partial charge in [-0.05, 0) is 30.2 Å². The van der Waals surface area contributed by atoms with E-state index in [0.717, 1.165) is 29.2 Å². The van der Waals surface area contributed by atoms with Crippen LogP contribution in [0.5, 0.6) is 11.5 Å². The quantitative estimate of drug-likeness (QED) is 0.528. The predicted molar refractivity (Wildman–Crippen MR) is 125 cm³/mol. The standard InChI is InChI=1S/C21H28N2O4S.C2H2O4/c1-3-27-21-15-19(9-10-20(21)26-2)16-22-11-13-23(14-12-22)28(24,25)17-18-7-5-4-6-8-18;3-1(4)2(5)6/h4-10,15H,3,11-14,16-17H2,1-2H3;(H,3,4)(H,5,6). The zero-order chi connectivity index (χ0) is 25.1. The van der Waals surface area contributed by atoms with Gasteiger partial charge in [-0.25, -0.2) is 18.0 Å². The minimum atomic E-state index is -3.29. The molecule has 1 heterocycles. The topological polar surface area (TPSA) is 134 Å². The van der Waals surface area contributed by atoms with Crippen LogP contribution in [0.25, 0.3) is 0 Å². The van der Waals surface area contributed by atoms with Crippen LogP contribution in [-0.4, -0.2) is 79.7 Å². The summed E-state index contributed by atoms with van der Waals surface area (Å²) in [5.41, 5.74) is 1.96. The molecule has 0 radical (unpaired) electrons. The van der Waals surface area contributed by atoms with Crippen LogP contribution in [0, 0.1) is 0 Å². The molecule has 2 aromatic rings. The van der Waals surface area contributed by atoms with Crippen molar-refractivity contribution in [3.8, 4) is 11.5 Å². The average molecular weight is 495 g/mol. The normalized spacial score (nSPS) is 14.5. The Bertz CT molecular complexity index is 1040. The van der Waals surface area contributed by atoms with Crippen LogP contribution in [0.3, 0.4) is 0 Å². The summed E-state index contributed by atoms with van der Waals surface area (Å²) in [6.45, 7) is 5.75. The van der Waals surface area contributed by atoms with Crippen molar-refractivity contribution in [3.05, 3.63) is 59.7 Å². The molecule has 186 valence electrons. The van der Waals surface area contributed by atoms with Gasteiger partial charge < -0.3 is 19.7 Å². The smallest absolute Gasteiger partial charge is 0.414 e. The van der Waals surface area contributed by atoms with E-state index in [4.69, 9.17) is 29.3 Å². The minimum Gasteiger partial charge on any atom is -0.493 e. The van der Waals surface area contributed by atoms with E-state index in [1.54, 1.807) is 11.4 Å². The first-order chi connectivity index (χ1) is 16.2. The third kappa shape index (κ3) is 8.32. The van der Waals surface area contributed by atoms with Gasteiger partial charge >= 0.3 is 11.9 Å². The van der Waals surface area contributed by atoms with Gasteiger partial charge in [-0.2, -0.15) is 4.31 Å². The van der Waals surface area contributed by atoms with Crippen molar-refractivity contribution in [1.82, 2.24) is 9.21 Å². The second-order valence-electron chi connectivity index (χ2n) is 7.45. The maximum Gasteiger partial charge on any atom is 0.414 e. The van der Waals surface area contributed by atoms with E-state index in [1.807, 2.05) is 55.5 Å². The monoisotopic (exact) mass is 494 g/mol. The van der Waals surface area contributed by atoms with E-state index in [1.165, 1.54) is 0 Å². The second kappa shape index (κ2) is 12.9. The molecule has 1 aliphatic rings. The molecule has 0 spiro atoms. The molecular formula is C23H30N2O8S. The number of aliphatic carboxylic acids is 2. The van der Waals surface area contributed by atoms with E-state index >= 15 is 0 Å².